The van der Waals surface area contributed by atoms with Crippen LogP contribution in [0, 0.1) is 0 Å². The smallest absolute Gasteiger partial charge is 0.324 e. The summed E-state index contributed by atoms with van der Waals surface area (Å²) in [6.45, 7) is 3.38. The molecule has 3 rings (SSSR count). The quantitative estimate of drug-likeness (QED) is 0.843. The van der Waals surface area contributed by atoms with Crippen LogP contribution in [0.3, 0.4) is 0 Å². The first-order chi connectivity index (χ1) is 10.9. The van der Waals surface area contributed by atoms with Gasteiger partial charge in [0.1, 0.15) is 12.1 Å². The van der Waals surface area contributed by atoms with E-state index in [1.165, 1.54) is 5.01 Å². The molecular formula is C16H18N4O3. The van der Waals surface area contributed by atoms with Crippen molar-refractivity contribution in [2.24, 2.45) is 5.10 Å². The number of hydrazone groups is 1. The summed E-state index contributed by atoms with van der Waals surface area (Å²) >= 11 is 0. The Kier molecular flexibility index (Phi) is 3.63. The molecule has 2 aliphatic heterocycles. The van der Waals surface area contributed by atoms with Crippen molar-refractivity contribution in [3.8, 4) is 0 Å². The summed E-state index contributed by atoms with van der Waals surface area (Å²) in [7, 11) is 0. The van der Waals surface area contributed by atoms with Crippen LogP contribution in [0.2, 0.25) is 0 Å². The second-order valence-electron chi connectivity index (χ2n) is 6.13. The van der Waals surface area contributed by atoms with Crippen molar-refractivity contribution in [2.45, 2.75) is 25.8 Å². The molecule has 2 heterocycles. The number of carbonyl (C=O) groups is 3. The Morgan fingerprint density at radius 3 is 2.57 bits per heavy atom. The Hall–Kier alpha value is -2.70. The maximum atomic E-state index is 12.3. The second kappa shape index (κ2) is 5.49. The highest BCUT2D eigenvalue weighted by molar-refractivity contribution is 6.09. The third-order valence-electron chi connectivity index (χ3n) is 3.93. The van der Waals surface area contributed by atoms with Crippen LogP contribution in [0.1, 0.15) is 25.8 Å². The molecule has 0 radical (unpaired) electrons. The molecule has 23 heavy (non-hydrogen) atoms. The summed E-state index contributed by atoms with van der Waals surface area (Å²) in [5, 5.41) is 8.20. The zero-order valence-corrected chi connectivity index (χ0v) is 13.1. The van der Waals surface area contributed by atoms with Gasteiger partial charge in [-0.05, 0) is 19.4 Å². The summed E-state index contributed by atoms with van der Waals surface area (Å²) in [6.07, 6.45) is 0.654. The molecule has 0 bridgehead atoms. The third kappa shape index (κ3) is 2.81. The van der Waals surface area contributed by atoms with E-state index in [-0.39, 0.29) is 12.5 Å². The van der Waals surface area contributed by atoms with Crippen LogP contribution in [0.25, 0.3) is 0 Å². The van der Waals surface area contributed by atoms with Crippen molar-refractivity contribution in [3.63, 3.8) is 0 Å². The molecule has 0 spiro atoms. The number of carbonyl (C=O) groups excluding carboxylic acids is 3. The van der Waals surface area contributed by atoms with Gasteiger partial charge in [-0.2, -0.15) is 5.10 Å². The fourth-order valence-corrected chi connectivity index (χ4v) is 2.65. The van der Waals surface area contributed by atoms with Crippen LogP contribution in [0.5, 0.6) is 0 Å². The van der Waals surface area contributed by atoms with E-state index < -0.39 is 17.5 Å². The van der Waals surface area contributed by atoms with Crippen molar-refractivity contribution in [2.75, 3.05) is 13.1 Å². The van der Waals surface area contributed by atoms with Gasteiger partial charge in [0.15, 0.2) is 0 Å². The zero-order chi connectivity index (χ0) is 16.6. The maximum absolute atomic E-state index is 12.3. The van der Waals surface area contributed by atoms with Crippen LogP contribution in [-0.4, -0.2) is 52.1 Å². The largest absolute Gasteiger partial charge is 0.325 e. The van der Waals surface area contributed by atoms with E-state index in [9.17, 15) is 14.4 Å². The molecule has 1 fully saturated rings. The summed E-state index contributed by atoms with van der Waals surface area (Å²) < 4.78 is 0. The Bertz CT molecular complexity index is 697. The summed E-state index contributed by atoms with van der Waals surface area (Å²) in [5.41, 5.74) is 0.830. The topological polar surface area (TPSA) is 82.1 Å². The highest BCUT2D eigenvalue weighted by Crippen LogP contribution is 2.18. The van der Waals surface area contributed by atoms with Crippen LogP contribution in [0.4, 0.5) is 4.79 Å². The highest BCUT2D eigenvalue weighted by atomic mass is 16.2. The first-order valence-corrected chi connectivity index (χ1v) is 7.46. The van der Waals surface area contributed by atoms with Gasteiger partial charge in [0.25, 0.3) is 11.8 Å². The molecule has 0 saturated carbocycles. The first-order valence-electron chi connectivity index (χ1n) is 7.46. The Morgan fingerprint density at radius 1 is 1.26 bits per heavy atom. The SMILES string of the molecule is CC1(C)NC(=O)N(CC(=O)N2CCC(c3ccccc3)=N2)C1=O. The van der Waals surface area contributed by atoms with Crippen LogP contribution >= 0.6 is 0 Å². The zero-order valence-electron chi connectivity index (χ0n) is 13.1. The van der Waals surface area contributed by atoms with Gasteiger partial charge in [-0.3, -0.25) is 14.5 Å². The lowest BCUT2D eigenvalue weighted by atomic mass is 10.1. The lowest BCUT2D eigenvalue weighted by Crippen LogP contribution is -2.43. The van der Waals surface area contributed by atoms with Gasteiger partial charge in [0.05, 0.1) is 12.3 Å². The molecule has 1 aromatic rings. The molecule has 1 aromatic carbocycles. The van der Waals surface area contributed by atoms with E-state index in [1.54, 1.807) is 13.8 Å². The standard InChI is InChI=1S/C16H18N4O3/c1-16(2)14(22)19(15(23)17-16)10-13(21)20-9-8-12(18-20)11-6-4-3-5-7-11/h3-7H,8-10H2,1-2H3,(H,17,23). The third-order valence-corrected chi connectivity index (χ3v) is 3.93. The van der Waals surface area contributed by atoms with Gasteiger partial charge in [0, 0.05) is 6.42 Å². The molecule has 0 aliphatic carbocycles. The van der Waals surface area contributed by atoms with E-state index in [2.05, 4.69) is 10.4 Å². The minimum absolute atomic E-state index is 0.292. The van der Waals surface area contributed by atoms with Gasteiger partial charge < -0.3 is 5.32 Å². The molecule has 2 aliphatic rings. The molecule has 7 nitrogen and oxygen atoms in total. The molecule has 1 N–H and O–H groups in total. The molecule has 120 valence electrons. The van der Waals surface area contributed by atoms with E-state index in [0.717, 1.165) is 16.2 Å². The number of nitrogens with zero attached hydrogens (tertiary/aromatic N) is 3. The highest BCUT2D eigenvalue weighted by Gasteiger charge is 2.45. The fourth-order valence-electron chi connectivity index (χ4n) is 2.65. The van der Waals surface area contributed by atoms with E-state index >= 15 is 0 Å². The summed E-state index contributed by atoms with van der Waals surface area (Å²) in [4.78, 5) is 37.2. The summed E-state index contributed by atoms with van der Waals surface area (Å²) in [6, 6.07) is 9.08. The van der Waals surface area contributed by atoms with Gasteiger partial charge in [-0.25, -0.2) is 9.80 Å². The lowest BCUT2D eigenvalue weighted by Gasteiger charge is -2.17. The number of imide groups is 1. The molecule has 0 atom stereocenters. The predicted molar refractivity (Wildman–Crippen MR) is 83.6 cm³/mol. The molecule has 1 saturated heterocycles. The maximum Gasteiger partial charge on any atom is 0.325 e. The van der Waals surface area contributed by atoms with Crippen molar-refractivity contribution in [1.82, 2.24) is 15.2 Å². The van der Waals surface area contributed by atoms with Crippen LogP contribution in [-0.2, 0) is 9.59 Å². The number of urea groups is 1. The molecule has 7 heteroatoms. The number of hydrogen-bond acceptors (Lipinski definition) is 4. The minimum Gasteiger partial charge on any atom is -0.324 e. The number of rotatable bonds is 3. The first kappa shape index (κ1) is 15.2. The normalized spacial score (nSPS) is 19.8. The number of nitrogens with one attached hydrogen (secondary N) is 1. The van der Waals surface area contributed by atoms with Gasteiger partial charge >= 0.3 is 6.03 Å². The molecule has 0 unspecified atom stereocenters. The minimum atomic E-state index is -0.971. The van der Waals surface area contributed by atoms with Gasteiger partial charge in [-0.15, -0.1) is 0 Å². The van der Waals surface area contributed by atoms with Crippen LogP contribution < -0.4 is 5.32 Å². The second-order valence-corrected chi connectivity index (χ2v) is 6.13. The van der Waals surface area contributed by atoms with E-state index in [4.69, 9.17) is 0 Å². The van der Waals surface area contributed by atoms with Crippen LogP contribution in [0.15, 0.2) is 35.4 Å². The molecular weight excluding hydrogens is 296 g/mol. The van der Waals surface area contributed by atoms with Gasteiger partial charge in [-0.1, -0.05) is 30.3 Å². The number of benzene rings is 1. The van der Waals surface area contributed by atoms with Crippen molar-refractivity contribution in [1.29, 1.82) is 0 Å². The lowest BCUT2D eigenvalue weighted by molar-refractivity contribution is -0.138. The Morgan fingerprint density at radius 2 is 1.96 bits per heavy atom. The van der Waals surface area contributed by atoms with Crippen molar-refractivity contribution >= 4 is 23.6 Å². The van der Waals surface area contributed by atoms with Crippen molar-refractivity contribution < 1.29 is 14.4 Å². The monoisotopic (exact) mass is 314 g/mol. The number of amides is 4. The molecule has 4 amide bonds. The van der Waals surface area contributed by atoms with E-state index in [1.807, 2.05) is 30.3 Å². The average Bonchev–Trinajstić information content (AvgIpc) is 3.08. The predicted octanol–water partition coefficient (Wildman–Crippen LogP) is 0.953. The Labute approximate surface area is 133 Å². The van der Waals surface area contributed by atoms with Crippen molar-refractivity contribution in [3.05, 3.63) is 35.9 Å². The Balaban J connectivity index is 1.69. The van der Waals surface area contributed by atoms with E-state index in [0.29, 0.717) is 13.0 Å². The summed E-state index contributed by atoms with van der Waals surface area (Å²) in [5.74, 6) is -0.764. The fraction of sp³-hybridized carbons (Fsp3) is 0.375. The molecule has 0 aromatic heterocycles. The number of hydrogen-bond donors (Lipinski definition) is 1. The average molecular weight is 314 g/mol. The van der Waals surface area contributed by atoms with Gasteiger partial charge in [0.2, 0.25) is 0 Å².